The first kappa shape index (κ1) is 15.9. The van der Waals surface area contributed by atoms with E-state index in [0.717, 1.165) is 13.0 Å². The minimum atomic E-state index is -0.261. The quantitative estimate of drug-likeness (QED) is 0.897. The molecular weight excluding hydrogens is 269 g/mol. The van der Waals surface area contributed by atoms with Gasteiger partial charge < -0.3 is 10.6 Å². The van der Waals surface area contributed by atoms with Gasteiger partial charge in [-0.3, -0.25) is 9.69 Å². The van der Waals surface area contributed by atoms with Crippen molar-refractivity contribution in [2.24, 2.45) is 5.73 Å². The van der Waals surface area contributed by atoms with Gasteiger partial charge in [0.2, 0.25) is 5.91 Å². The van der Waals surface area contributed by atoms with Gasteiger partial charge >= 0.3 is 0 Å². The number of nitrogens with two attached hydrogens (primary N) is 1. The smallest absolute Gasteiger partial charge is 0.240 e. The second-order valence-corrected chi connectivity index (χ2v) is 5.80. The molecule has 1 heterocycles. The zero-order valence-electron chi connectivity index (χ0n) is 12.8. The molecule has 4 nitrogen and oxygen atoms in total. The van der Waals surface area contributed by atoms with E-state index in [1.165, 1.54) is 6.07 Å². The zero-order valence-corrected chi connectivity index (χ0v) is 12.8. The van der Waals surface area contributed by atoms with Crippen molar-refractivity contribution in [3.05, 3.63) is 35.6 Å². The summed E-state index contributed by atoms with van der Waals surface area (Å²) >= 11 is 0. The SMILES string of the molecule is CCCN(Cc1ccccc1F)C(=O)[C@@H]1C[C@H](N)CN1C. The molecule has 0 aromatic heterocycles. The van der Waals surface area contributed by atoms with Crippen molar-refractivity contribution >= 4 is 5.91 Å². The van der Waals surface area contributed by atoms with E-state index < -0.39 is 0 Å². The van der Waals surface area contributed by atoms with Crippen LogP contribution in [0.15, 0.2) is 24.3 Å². The van der Waals surface area contributed by atoms with Crippen LogP contribution in [-0.2, 0) is 11.3 Å². The third kappa shape index (κ3) is 3.80. The Hall–Kier alpha value is -1.46. The van der Waals surface area contributed by atoms with E-state index in [0.29, 0.717) is 25.1 Å². The molecule has 0 unspecified atom stereocenters. The molecule has 0 spiro atoms. The first-order valence-corrected chi connectivity index (χ1v) is 7.51. The van der Waals surface area contributed by atoms with Crippen molar-refractivity contribution in [1.29, 1.82) is 0 Å². The Bertz CT molecular complexity index is 494. The van der Waals surface area contributed by atoms with Gasteiger partial charge in [-0.2, -0.15) is 0 Å². The number of likely N-dealkylation sites (tertiary alicyclic amines) is 1. The molecule has 1 saturated heterocycles. The molecular formula is C16H24FN3O. The van der Waals surface area contributed by atoms with Gasteiger partial charge in [-0.1, -0.05) is 25.1 Å². The van der Waals surface area contributed by atoms with Crippen LogP contribution in [0.5, 0.6) is 0 Å². The predicted octanol–water partition coefficient (Wildman–Crippen LogP) is 1.60. The number of benzene rings is 1. The van der Waals surface area contributed by atoms with Crippen LogP contribution in [-0.4, -0.2) is 47.9 Å². The molecule has 0 bridgehead atoms. The summed E-state index contributed by atoms with van der Waals surface area (Å²) in [6.07, 6.45) is 1.52. The summed E-state index contributed by atoms with van der Waals surface area (Å²) in [5.41, 5.74) is 6.49. The number of nitrogens with zero attached hydrogens (tertiary/aromatic N) is 2. The second kappa shape index (κ2) is 7.00. The van der Waals surface area contributed by atoms with Crippen LogP contribution < -0.4 is 5.73 Å². The maximum atomic E-state index is 13.8. The Morgan fingerprint density at radius 1 is 1.48 bits per heavy atom. The number of rotatable bonds is 5. The summed E-state index contributed by atoms with van der Waals surface area (Å²) < 4.78 is 13.8. The minimum absolute atomic E-state index is 0.0425. The van der Waals surface area contributed by atoms with Crippen molar-refractivity contribution < 1.29 is 9.18 Å². The second-order valence-electron chi connectivity index (χ2n) is 5.80. The predicted molar refractivity (Wildman–Crippen MR) is 81.1 cm³/mol. The molecule has 0 aliphatic carbocycles. The molecule has 0 saturated carbocycles. The minimum Gasteiger partial charge on any atom is -0.337 e. The highest BCUT2D eigenvalue weighted by atomic mass is 19.1. The largest absolute Gasteiger partial charge is 0.337 e. The Morgan fingerprint density at radius 2 is 2.19 bits per heavy atom. The van der Waals surface area contributed by atoms with Gasteiger partial charge in [0.05, 0.1) is 6.04 Å². The number of halogens is 1. The van der Waals surface area contributed by atoms with Gasteiger partial charge in [-0.15, -0.1) is 0 Å². The van der Waals surface area contributed by atoms with Gasteiger partial charge in [0.15, 0.2) is 0 Å². The Morgan fingerprint density at radius 3 is 2.76 bits per heavy atom. The molecule has 1 aliphatic rings. The maximum absolute atomic E-state index is 13.8. The first-order valence-electron chi connectivity index (χ1n) is 7.51. The molecule has 1 aromatic rings. The lowest BCUT2D eigenvalue weighted by Gasteiger charge is -2.28. The van der Waals surface area contributed by atoms with Crippen LogP contribution in [0.3, 0.4) is 0 Å². The molecule has 1 aromatic carbocycles. The van der Waals surface area contributed by atoms with Crippen molar-refractivity contribution in [2.45, 2.75) is 38.4 Å². The summed E-state index contributed by atoms with van der Waals surface area (Å²) in [5.74, 6) is -0.210. The molecule has 21 heavy (non-hydrogen) atoms. The highest BCUT2D eigenvalue weighted by molar-refractivity contribution is 5.82. The van der Waals surface area contributed by atoms with Crippen molar-refractivity contribution in [2.75, 3.05) is 20.1 Å². The van der Waals surface area contributed by atoms with E-state index >= 15 is 0 Å². The highest BCUT2D eigenvalue weighted by Crippen LogP contribution is 2.19. The van der Waals surface area contributed by atoms with E-state index in [4.69, 9.17) is 5.73 Å². The third-order valence-electron chi connectivity index (χ3n) is 3.99. The number of carbonyl (C=O) groups is 1. The van der Waals surface area contributed by atoms with Crippen LogP contribution in [0.4, 0.5) is 4.39 Å². The average molecular weight is 293 g/mol. The Labute approximate surface area is 125 Å². The topological polar surface area (TPSA) is 49.6 Å². The maximum Gasteiger partial charge on any atom is 0.240 e. The van der Waals surface area contributed by atoms with Crippen LogP contribution in [0.1, 0.15) is 25.3 Å². The van der Waals surface area contributed by atoms with E-state index in [2.05, 4.69) is 0 Å². The van der Waals surface area contributed by atoms with Crippen LogP contribution >= 0.6 is 0 Å². The molecule has 1 aliphatic heterocycles. The Balaban J connectivity index is 2.11. The normalized spacial score (nSPS) is 22.5. The Kier molecular flexibility index (Phi) is 5.31. The van der Waals surface area contributed by atoms with E-state index in [9.17, 15) is 9.18 Å². The molecule has 5 heteroatoms. The van der Waals surface area contributed by atoms with Crippen molar-refractivity contribution in [1.82, 2.24) is 9.80 Å². The number of likely N-dealkylation sites (N-methyl/N-ethyl adjacent to an activating group) is 1. The van der Waals surface area contributed by atoms with Crippen LogP contribution in [0, 0.1) is 5.82 Å². The molecule has 0 radical (unpaired) electrons. The van der Waals surface area contributed by atoms with Gasteiger partial charge in [0.25, 0.3) is 0 Å². The molecule has 1 fully saturated rings. The van der Waals surface area contributed by atoms with E-state index in [1.54, 1.807) is 23.1 Å². The van der Waals surface area contributed by atoms with Gasteiger partial charge in [0, 0.05) is 31.2 Å². The van der Waals surface area contributed by atoms with E-state index in [1.807, 2.05) is 18.9 Å². The lowest BCUT2D eigenvalue weighted by atomic mass is 10.1. The fourth-order valence-electron chi connectivity index (χ4n) is 2.91. The first-order chi connectivity index (χ1) is 10.0. The van der Waals surface area contributed by atoms with Crippen molar-refractivity contribution in [3.8, 4) is 0 Å². The summed E-state index contributed by atoms with van der Waals surface area (Å²) in [6, 6.07) is 6.48. The van der Waals surface area contributed by atoms with Gasteiger partial charge in [-0.25, -0.2) is 4.39 Å². The summed E-state index contributed by atoms with van der Waals surface area (Å²) in [5, 5.41) is 0. The average Bonchev–Trinajstić information content (AvgIpc) is 2.79. The number of amides is 1. The number of hydrogen-bond donors (Lipinski definition) is 1. The highest BCUT2D eigenvalue weighted by Gasteiger charge is 2.35. The number of carbonyl (C=O) groups excluding carboxylic acids is 1. The fourth-order valence-corrected chi connectivity index (χ4v) is 2.91. The molecule has 2 atom stereocenters. The lowest BCUT2D eigenvalue weighted by Crippen LogP contribution is -2.44. The zero-order chi connectivity index (χ0) is 15.4. The molecule has 116 valence electrons. The molecule has 1 amide bonds. The van der Waals surface area contributed by atoms with E-state index in [-0.39, 0.29) is 23.8 Å². The fraction of sp³-hybridized carbons (Fsp3) is 0.562. The van der Waals surface area contributed by atoms with Gasteiger partial charge in [0.1, 0.15) is 5.82 Å². The van der Waals surface area contributed by atoms with Crippen LogP contribution in [0.25, 0.3) is 0 Å². The molecule has 2 rings (SSSR count). The number of hydrogen-bond acceptors (Lipinski definition) is 3. The van der Waals surface area contributed by atoms with Crippen molar-refractivity contribution in [3.63, 3.8) is 0 Å². The summed E-state index contributed by atoms with van der Waals surface area (Å²) in [4.78, 5) is 16.5. The summed E-state index contributed by atoms with van der Waals surface area (Å²) in [6.45, 7) is 3.70. The standard InChI is InChI=1S/C16H24FN3O/c1-3-8-20(10-12-6-4-5-7-14(12)17)16(21)15-9-13(18)11-19(15)2/h4-7,13,15H,3,8-11,18H2,1-2H3/t13-,15-/m0/s1. The summed E-state index contributed by atoms with van der Waals surface area (Å²) in [7, 11) is 1.92. The lowest BCUT2D eigenvalue weighted by molar-refractivity contribution is -0.136. The molecule has 2 N–H and O–H groups in total. The third-order valence-corrected chi connectivity index (χ3v) is 3.99. The van der Waals surface area contributed by atoms with Gasteiger partial charge in [-0.05, 0) is 26.0 Å². The van der Waals surface area contributed by atoms with Crippen LogP contribution in [0.2, 0.25) is 0 Å². The monoisotopic (exact) mass is 293 g/mol.